The van der Waals surface area contributed by atoms with E-state index in [0.717, 1.165) is 21.5 Å². The molecule has 0 bridgehead atoms. The minimum absolute atomic E-state index is 0. The Morgan fingerprint density at radius 3 is 1.19 bits per heavy atom. The van der Waals surface area contributed by atoms with Crippen LogP contribution < -0.4 is 0 Å². The van der Waals surface area contributed by atoms with E-state index in [0.29, 0.717) is 9.79 Å². The van der Waals surface area contributed by atoms with Gasteiger partial charge in [-0.25, -0.2) is 0 Å². The summed E-state index contributed by atoms with van der Waals surface area (Å²) in [6, 6.07) is 25.5. The molecule has 0 aliphatic heterocycles. The Morgan fingerprint density at radius 1 is 0.519 bits per heavy atom. The molecule has 7 heteroatoms. The molecule has 0 heterocycles. The molecule has 0 amide bonds. The average Bonchev–Trinajstić information content (AvgIpc) is 2.67. The number of hydrogen-bond acceptors (Lipinski definition) is 4. The van der Waals surface area contributed by atoms with Gasteiger partial charge < -0.3 is 9.11 Å². The second-order valence-corrected chi connectivity index (χ2v) is 7.37. The SMILES string of the molecule is O=S([O-])c1ccc2ccccc2c1.O=S([O-])c1ccc2ccccc2c1.[Sr+2]. The van der Waals surface area contributed by atoms with E-state index in [2.05, 4.69) is 0 Å². The maximum Gasteiger partial charge on any atom is 2.00 e. The van der Waals surface area contributed by atoms with Crippen molar-refractivity contribution in [3.05, 3.63) is 84.9 Å². The molecule has 2 unspecified atom stereocenters. The van der Waals surface area contributed by atoms with Gasteiger partial charge in [0.25, 0.3) is 0 Å². The van der Waals surface area contributed by atoms with Crippen molar-refractivity contribution in [2.75, 3.05) is 0 Å². The van der Waals surface area contributed by atoms with Crippen LogP contribution in [0.5, 0.6) is 0 Å². The molecule has 0 saturated carbocycles. The van der Waals surface area contributed by atoms with Gasteiger partial charge in [0, 0.05) is 9.79 Å². The predicted molar refractivity (Wildman–Crippen MR) is 108 cm³/mol. The van der Waals surface area contributed by atoms with Crippen molar-refractivity contribution in [1.29, 1.82) is 0 Å². The second-order valence-electron chi connectivity index (χ2n) is 5.49. The van der Waals surface area contributed by atoms with Crippen LogP contribution in [0.3, 0.4) is 0 Å². The average molecular weight is 470 g/mol. The van der Waals surface area contributed by atoms with Crippen LogP contribution in [0.1, 0.15) is 0 Å². The molecule has 0 N–H and O–H groups in total. The third-order valence-corrected chi connectivity index (χ3v) is 5.10. The van der Waals surface area contributed by atoms with Crippen LogP contribution in [-0.2, 0) is 22.2 Å². The smallest absolute Gasteiger partial charge is 0.768 e. The van der Waals surface area contributed by atoms with Gasteiger partial charge in [0.2, 0.25) is 0 Å². The summed E-state index contributed by atoms with van der Waals surface area (Å²) in [4.78, 5) is 0.664. The summed E-state index contributed by atoms with van der Waals surface area (Å²) >= 11 is -4.27. The molecule has 4 aromatic carbocycles. The van der Waals surface area contributed by atoms with Crippen LogP contribution in [0.15, 0.2) is 94.7 Å². The molecular formula is C20H14O4S2Sr. The van der Waals surface area contributed by atoms with Crippen molar-refractivity contribution in [2.24, 2.45) is 0 Å². The van der Waals surface area contributed by atoms with Gasteiger partial charge >= 0.3 is 45.5 Å². The van der Waals surface area contributed by atoms with Crippen molar-refractivity contribution in [2.45, 2.75) is 9.79 Å². The van der Waals surface area contributed by atoms with Crippen LogP contribution in [-0.4, -0.2) is 63.0 Å². The van der Waals surface area contributed by atoms with E-state index in [-0.39, 0.29) is 45.5 Å². The number of rotatable bonds is 2. The molecular weight excluding hydrogens is 456 g/mol. The first-order valence-electron chi connectivity index (χ1n) is 7.71. The van der Waals surface area contributed by atoms with Crippen LogP contribution in [0, 0.1) is 0 Å². The maximum absolute atomic E-state index is 10.6. The fourth-order valence-corrected chi connectivity index (χ4v) is 3.35. The molecule has 132 valence electrons. The number of fused-ring (bicyclic) bond motifs is 2. The Bertz CT molecular complexity index is 1030. The van der Waals surface area contributed by atoms with Gasteiger partial charge in [-0.15, -0.1) is 0 Å². The Morgan fingerprint density at radius 2 is 0.852 bits per heavy atom. The summed E-state index contributed by atoms with van der Waals surface area (Å²) in [5, 5.41) is 4.00. The number of benzene rings is 4. The van der Waals surface area contributed by atoms with E-state index >= 15 is 0 Å². The summed E-state index contributed by atoms with van der Waals surface area (Å²) in [5.41, 5.74) is 0. The van der Waals surface area contributed by atoms with Crippen LogP contribution >= 0.6 is 0 Å². The first kappa shape index (κ1) is 22.4. The Kier molecular flexibility index (Phi) is 8.78. The Labute approximate surface area is 199 Å². The molecule has 0 spiro atoms. The first-order chi connectivity index (χ1) is 12.5. The maximum atomic E-state index is 10.6. The summed E-state index contributed by atoms with van der Waals surface area (Å²) in [7, 11) is 0. The van der Waals surface area contributed by atoms with Gasteiger partial charge in [0.1, 0.15) is 0 Å². The summed E-state index contributed by atoms with van der Waals surface area (Å²) in [6.07, 6.45) is 0. The quantitative estimate of drug-likeness (QED) is 0.330. The summed E-state index contributed by atoms with van der Waals surface area (Å²) < 4.78 is 42.6. The van der Waals surface area contributed by atoms with E-state index in [1.165, 1.54) is 0 Å². The monoisotopic (exact) mass is 470 g/mol. The van der Waals surface area contributed by atoms with Crippen molar-refractivity contribution in [3.63, 3.8) is 0 Å². The van der Waals surface area contributed by atoms with Crippen molar-refractivity contribution < 1.29 is 17.5 Å². The molecule has 0 aromatic heterocycles. The van der Waals surface area contributed by atoms with Gasteiger partial charge in [-0.05, 0) is 68.0 Å². The third kappa shape index (κ3) is 6.04. The fourth-order valence-electron chi connectivity index (χ4n) is 2.54. The zero-order valence-corrected chi connectivity index (χ0v) is 19.3. The van der Waals surface area contributed by atoms with Crippen LogP contribution in [0.2, 0.25) is 0 Å². The zero-order valence-electron chi connectivity index (χ0n) is 14.2. The van der Waals surface area contributed by atoms with Gasteiger partial charge in [-0.2, -0.15) is 0 Å². The summed E-state index contributed by atoms with van der Waals surface area (Å²) in [5.74, 6) is 0. The van der Waals surface area contributed by atoms with E-state index in [4.69, 9.17) is 0 Å². The topological polar surface area (TPSA) is 80.3 Å². The molecule has 0 aliphatic carbocycles. The van der Waals surface area contributed by atoms with Gasteiger partial charge in [-0.3, -0.25) is 8.42 Å². The largest absolute Gasteiger partial charge is 2.00 e. The molecule has 4 aromatic rings. The first-order valence-corrected chi connectivity index (χ1v) is 9.86. The van der Waals surface area contributed by atoms with Crippen LogP contribution in [0.25, 0.3) is 21.5 Å². The Hall–Kier alpha value is -0.899. The minimum Gasteiger partial charge on any atom is -0.768 e. The van der Waals surface area contributed by atoms with Gasteiger partial charge in [0.05, 0.1) is 0 Å². The fraction of sp³-hybridized carbons (Fsp3) is 0. The minimum atomic E-state index is -2.13. The van der Waals surface area contributed by atoms with Crippen molar-refractivity contribution >= 4 is 89.2 Å². The molecule has 4 nitrogen and oxygen atoms in total. The van der Waals surface area contributed by atoms with E-state index < -0.39 is 22.2 Å². The Balaban J connectivity index is 0.000000187. The van der Waals surface area contributed by atoms with E-state index in [1.54, 1.807) is 36.4 Å². The molecule has 4 rings (SSSR count). The van der Waals surface area contributed by atoms with Crippen molar-refractivity contribution in [3.8, 4) is 0 Å². The number of hydrogen-bond donors (Lipinski definition) is 0. The molecule has 0 saturated heterocycles. The van der Waals surface area contributed by atoms with E-state index in [9.17, 15) is 17.5 Å². The molecule has 0 aliphatic rings. The second kappa shape index (κ2) is 10.6. The van der Waals surface area contributed by atoms with Crippen molar-refractivity contribution in [1.82, 2.24) is 0 Å². The van der Waals surface area contributed by atoms with Gasteiger partial charge in [0.15, 0.2) is 0 Å². The molecule has 27 heavy (non-hydrogen) atoms. The van der Waals surface area contributed by atoms with E-state index in [1.807, 2.05) is 48.5 Å². The standard InChI is InChI=1S/2C10H8O2S.Sr/c2*11-13(12)10-6-5-8-3-1-2-4-9(8)7-10;/h2*1-7H,(H,11,12);/q;;+2/p-2. The van der Waals surface area contributed by atoms with Gasteiger partial charge in [-0.1, -0.05) is 60.7 Å². The zero-order chi connectivity index (χ0) is 18.5. The summed E-state index contributed by atoms with van der Waals surface area (Å²) in [6.45, 7) is 0. The molecule has 0 radical (unpaired) electrons. The normalized spacial score (nSPS) is 12.5. The third-order valence-electron chi connectivity index (χ3n) is 3.83. The molecule has 2 atom stereocenters. The molecule has 0 fully saturated rings. The van der Waals surface area contributed by atoms with Crippen LogP contribution in [0.4, 0.5) is 0 Å². The predicted octanol–water partition coefficient (Wildman–Crippen LogP) is 3.77.